The van der Waals surface area contributed by atoms with Gasteiger partial charge < -0.3 is 15.0 Å². The molecule has 5 nitrogen and oxygen atoms in total. The normalized spacial score (nSPS) is 23.3. The highest BCUT2D eigenvalue weighted by Gasteiger charge is 2.23. The van der Waals surface area contributed by atoms with E-state index in [9.17, 15) is 4.79 Å². The van der Waals surface area contributed by atoms with Gasteiger partial charge in [0.1, 0.15) is 0 Å². The lowest BCUT2D eigenvalue weighted by Crippen LogP contribution is -2.41. The van der Waals surface area contributed by atoms with Crippen molar-refractivity contribution in [1.29, 1.82) is 0 Å². The molecular weight excluding hydrogens is 310 g/mol. The highest BCUT2D eigenvalue weighted by atomic mass is 32.1. The number of rotatable bonds is 6. The standard InChI is InChI=1S/C17H27N3O2S/c1-14-3-11-23-16(14)17(21)18-12-15-2-4-20(13-15)6-5-19-7-9-22-10-8-19/h3,11,15H,2,4-10,12-13H2,1H3,(H,18,21). The number of likely N-dealkylation sites (tertiary alicyclic amines) is 1. The van der Waals surface area contributed by atoms with E-state index in [1.165, 1.54) is 17.8 Å². The molecule has 2 aliphatic rings. The van der Waals surface area contributed by atoms with Crippen LogP contribution in [-0.2, 0) is 4.74 Å². The van der Waals surface area contributed by atoms with Crippen LogP contribution in [0.4, 0.5) is 0 Å². The maximum absolute atomic E-state index is 12.2. The zero-order valence-electron chi connectivity index (χ0n) is 13.9. The first-order chi connectivity index (χ1) is 11.2. The van der Waals surface area contributed by atoms with E-state index in [1.807, 2.05) is 18.4 Å². The average molecular weight is 337 g/mol. The van der Waals surface area contributed by atoms with Crippen LogP contribution in [0.5, 0.6) is 0 Å². The number of ether oxygens (including phenoxy) is 1. The quantitative estimate of drug-likeness (QED) is 0.853. The highest BCUT2D eigenvalue weighted by Crippen LogP contribution is 2.17. The Hall–Kier alpha value is -0.950. The summed E-state index contributed by atoms with van der Waals surface area (Å²) in [7, 11) is 0. The van der Waals surface area contributed by atoms with E-state index < -0.39 is 0 Å². The smallest absolute Gasteiger partial charge is 0.261 e. The van der Waals surface area contributed by atoms with Crippen molar-refractivity contribution in [3.63, 3.8) is 0 Å². The van der Waals surface area contributed by atoms with Gasteiger partial charge in [-0.15, -0.1) is 11.3 Å². The van der Waals surface area contributed by atoms with E-state index in [0.717, 1.165) is 69.5 Å². The number of hydrogen-bond donors (Lipinski definition) is 1. The molecule has 0 saturated carbocycles. The summed E-state index contributed by atoms with van der Waals surface area (Å²) < 4.78 is 5.39. The van der Waals surface area contributed by atoms with Gasteiger partial charge in [0, 0.05) is 39.3 Å². The number of hydrogen-bond acceptors (Lipinski definition) is 5. The molecule has 23 heavy (non-hydrogen) atoms. The molecular formula is C17H27N3O2S. The maximum Gasteiger partial charge on any atom is 0.261 e. The summed E-state index contributed by atoms with van der Waals surface area (Å²) in [4.78, 5) is 18.0. The zero-order chi connectivity index (χ0) is 16.1. The van der Waals surface area contributed by atoms with E-state index in [0.29, 0.717) is 5.92 Å². The second-order valence-corrected chi connectivity index (χ2v) is 7.47. The molecule has 2 saturated heterocycles. The molecule has 0 aliphatic carbocycles. The van der Waals surface area contributed by atoms with Crippen LogP contribution >= 0.6 is 11.3 Å². The third kappa shape index (κ3) is 4.76. The molecule has 3 heterocycles. The molecule has 1 unspecified atom stereocenters. The molecule has 1 N–H and O–H groups in total. The van der Waals surface area contributed by atoms with Crippen molar-refractivity contribution in [2.24, 2.45) is 5.92 Å². The second-order valence-electron chi connectivity index (χ2n) is 6.55. The third-order valence-corrected chi connectivity index (χ3v) is 5.84. The summed E-state index contributed by atoms with van der Waals surface area (Å²) in [5.41, 5.74) is 1.08. The maximum atomic E-state index is 12.2. The Morgan fingerprint density at radius 2 is 2.09 bits per heavy atom. The Balaban J connectivity index is 1.35. The summed E-state index contributed by atoms with van der Waals surface area (Å²) in [6.07, 6.45) is 1.19. The Bertz CT molecular complexity index is 514. The SMILES string of the molecule is Cc1ccsc1C(=O)NCC1CCN(CCN2CCOCC2)C1. The summed E-state index contributed by atoms with van der Waals surface area (Å²) in [6.45, 7) is 11.2. The molecule has 128 valence electrons. The molecule has 0 radical (unpaired) electrons. The predicted molar refractivity (Wildman–Crippen MR) is 93.2 cm³/mol. The van der Waals surface area contributed by atoms with Crippen LogP contribution < -0.4 is 5.32 Å². The first-order valence-electron chi connectivity index (χ1n) is 8.57. The number of nitrogens with zero attached hydrogens (tertiary/aromatic N) is 2. The Kier molecular flexibility index (Phi) is 6.05. The number of morpholine rings is 1. The van der Waals surface area contributed by atoms with Gasteiger partial charge in [0.15, 0.2) is 0 Å². The molecule has 0 bridgehead atoms. The van der Waals surface area contributed by atoms with Crippen molar-refractivity contribution >= 4 is 17.2 Å². The second kappa shape index (κ2) is 8.24. The van der Waals surface area contributed by atoms with Crippen molar-refractivity contribution in [1.82, 2.24) is 15.1 Å². The Morgan fingerprint density at radius 1 is 1.30 bits per heavy atom. The van der Waals surface area contributed by atoms with Crippen molar-refractivity contribution < 1.29 is 9.53 Å². The van der Waals surface area contributed by atoms with Crippen LogP contribution in [0.25, 0.3) is 0 Å². The van der Waals surface area contributed by atoms with E-state index in [1.54, 1.807) is 0 Å². The number of aryl methyl sites for hydroxylation is 1. The van der Waals surface area contributed by atoms with Gasteiger partial charge in [-0.2, -0.15) is 0 Å². The fourth-order valence-corrected chi connectivity index (χ4v) is 4.15. The van der Waals surface area contributed by atoms with Crippen LogP contribution in [-0.4, -0.2) is 74.7 Å². The summed E-state index contributed by atoms with van der Waals surface area (Å²) in [6, 6.07) is 2.00. The van der Waals surface area contributed by atoms with Crippen LogP contribution in [0.3, 0.4) is 0 Å². The molecule has 2 fully saturated rings. The van der Waals surface area contributed by atoms with Crippen molar-refractivity contribution in [2.45, 2.75) is 13.3 Å². The predicted octanol–water partition coefficient (Wildman–Crippen LogP) is 1.44. The molecule has 0 aromatic carbocycles. The monoisotopic (exact) mass is 337 g/mol. The topological polar surface area (TPSA) is 44.8 Å². The van der Waals surface area contributed by atoms with Crippen LogP contribution in [0.1, 0.15) is 21.7 Å². The first-order valence-corrected chi connectivity index (χ1v) is 9.45. The van der Waals surface area contributed by atoms with Crippen molar-refractivity contribution in [2.75, 3.05) is 59.0 Å². The first kappa shape index (κ1) is 16.9. The van der Waals surface area contributed by atoms with Gasteiger partial charge in [-0.05, 0) is 42.8 Å². The van der Waals surface area contributed by atoms with E-state index >= 15 is 0 Å². The van der Waals surface area contributed by atoms with Crippen LogP contribution in [0.15, 0.2) is 11.4 Å². The molecule has 0 spiro atoms. The minimum absolute atomic E-state index is 0.0873. The number of carbonyl (C=O) groups excluding carboxylic acids is 1. The van der Waals surface area contributed by atoms with Gasteiger partial charge in [0.05, 0.1) is 18.1 Å². The van der Waals surface area contributed by atoms with Gasteiger partial charge in [-0.1, -0.05) is 0 Å². The molecule has 2 aliphatic heterocycles. The fourth-order valence-electron chi connectivity index (χ4n) is 3.31. The highest BCUT2D eigenvalue weighted by molar-refractivity contribution is 7.12. The minimum Gasteiger partial charge on any atom is -0.379 e. The summed E-state index contributed by atoms with van der Waals surface area (Å²) in [5, 5.41) is 5.09. The van der Waals surface area contributed by atoms with Crippen LogP contribution in [0.2, 0.25) is 0 Å². The molecule has 6 heteroatoms. The van der Waals surface area contributed by atoms with Gasteiger partial charge >= 0.3 is 0 Å². The van der Waals surface area contributed by atoms with Gasteiger partial charge in [-0.3, -0.25) is 9.69 Å². The lowest BCUT2D eigenvalue weighted by Gasteiger charge is -2.28. The molecule has 1 aromatic rings. The fraction of sp³-hybridized carbons (Fsp3) is 0.706. The van der Waals surface area contributed by atoms with Crippen molar-refractivity contribution in [3.05, 3.63) is 21.9 Å². The lowest BCUT2D eigenvalue weighted by molar-refractivity contribution is 0.0342. The summed E-state index contributed by atoms with van der Waals surface area (Å²) in [5.74, 6) is 0.674. The largest absolute Gasteiger partial charge is 0.379 e. The molecule has 1 amide bonds. The van der Waals surface area contributed by atoms with E-state index in [2.05, 4.69) is 15.1 Å². The molecule has 1 atom stereocenters. The van der Waals surface area contributed by atoms with Gasteiger partial charge in [0.2, 0.25) is 0 Å². The van der Waals surface area contributed by atoms with Crippen LogP contribution in [0, 0.1) is 12.8 Å². The average Bonchev–Trinajstić information content (AvgIpc) is 3.20. The zero-order valence-corrected chi connectivity index (χ0v) is 14.7. The third-order valence-electron chi connectivity index (χ3n) is 4.83. The Morgan fingerprint density at radius 3 is 2.83 bits per heavy atom. The molecule has 3 rings (SSSR count). The Labute approximate surface area is 142 Å². The van der Waals surface area contributed by atoms with Crippen molar-refractivity contribution in [3.8, 4) is 0 Å². The van der Waals surface area contributed by atoms with E-state index in [4.69, 9.17) is 4.74 Å². The number of nitrogens with one attached hydrogen (secondary N) is 1. The van der Waals surface area contributed by atoms with Gasteiger partial charge in [-0.25, -0.2) is 0 Å². The van der Waals surface area contributed by atoms with E-state index in [-0.39, 0.29) is 5.91 Å². The lowest BCUT2D eigenvalue weighted by atomic mass is 10.1. The number of thiophene rings is 1. The minimum atomic E-state index is 0.0873. The summed E-state index contributed by atoms with van der Waals surface area (Å²) >= 11 is 1.53. The van der Waals surface area contributed by atoms with Gasteiger partial charge in [0.25, 0.3) is 5.91 Å². The molecule has 1 aromatic heterocycles. The number of amides is 1. The number of carbonyl (C=O) groups is 1.